The molecule has 1 heterocycles. The molecule has 1 saturated heterocycles. The summed E-state index contributed by atoms with van der Waals surface area (Å²) in [4.78, 5) is 60.6. The molecule has 1 aliphatic rings. The summed E-state index contributed by atoms with van der Waals surface area (Å²) in [6.45, 7) is 15.7. The minimum absolute atomic E-state index is 0. The summed E-state index contributed by atoms with van der Waals surface area (Å²) in [6, 6.07) is -0.570. The third-order valence-corrected chi connectivity index (χ3v) is 7.58. The number of esters is 1. The molecule has 3 rings (SSSR count). The SMILES string of the molecule is C.CC(=O)C(CC(NC(=O)OC(C)(C)C)C(=O)OC(C)C)c1cc(F)cc(F)c1F.C[C@H]1NC(=O)C(NC(=O)OC(C)(C)C)C[C@H]1c1cc(F)cc(F)c1F. The van der Waals surface area contributed by atoms with Crippen LogP contribution in [0.2, 0.25) is 0 Å². The quantitative estimate of drug-likeness (QED) is 0.102. The van der Waals surface area contributed by atoms with Crippen LogP contribution in [0.4, 0.5) is 35.9 Å². The summed E-state index contributed by atoms with van der Waals surface area (Å²) < 4.78 is 97.8. The first-order valence-corrected chi connectivity index (χ1v) is 17.0. The Morgan fingerprint density at radius 3 is 1.85 bits per heavy atom. The van der Waals surface area contributed by atoms with Crippen LogP contribution >= 0.6 is 0 Å². The number of rotatable bonds is 9. The van der Waals surface area contributed by atoms with Crippen molar-refractivity contribution in [2.75, 3.05) is 0 Å². The highest BCUT2D eigenvalue weighted by Crippen LogP contribution is 2.32. The average molecular weight is 792 g/mol. The molecule has 17 heteroatoms. The van der Waals surface area contributed by atoms with Gasteiger partial charge in [-0.05, 0) is 99.8 Å². The smallest absolute Gasteiger partial charge is 0.408 e. The minimum atomic E-state index is -1.47. The molecule has 11 nitrogen and oxygen atoms in total. The van der Waals surface area contributed by atoms with Gasteiger partial charge in [0.2, 0.25) is 5.91 Å². The van der Waals surface area contributed by atoms with E-state index in [1.807, 2.05) is 0 Å². The van der Waals surface area contributed by atoms with Crippen LogP contribution in [0.5, 0.6) is 0 Å². The van der Waals surface area contributed by atoms with Crippen molar-refractivity contribution in [3.05, 3.63) is 70.3 Å². The molecule has 55 heavy (non-hydrogen) atoms. The van der Waals surface area contributed by atoms with Crippen molar-refractivity contribution < 1.29 is 64.5 Å². The molecule has 0 bridgehead atoms. The van der Waals surface area contributed by atoms with E-state index in [1.165, 1.54) is 0 Å². The summed E-state index contributed by atoms with van der Waals surface area (Å²) in [5, 5.41) is 7.29. The third-order valence-electron chi connectivity index (χ3n) is 7.58. The first-order valence-electron chi connectivity index (χ1n) is 17.0. The largest absolute Gasteiger partial charge is 0.461 e. The van der Waals surface area contributed by atoms with Crippen LogP contribution in [0.25, 0.3) is 0 Å². The summed E-state index contributed by atoms with van der Waals surface area (Å²) in [6.07, 6.45) is -2.78. The number of nitrogens with one attached hydrogen (secondary N) is 3. The van der Waals surface area contributed by atoms with Crippen molar-refractivity contribution in [3.8, 4) is 0 Å². The Hall–Kier alpha value is -4.83. The van der Waals surface area contributed by atoms with Gasteiger partial charge in [-0.1, -0.05) is 7.43 Å². The first-order chi connectivity index (χ1) is 24.7. The lowest BCUT2D eigenvalue weighted by atomic mass is 9.83. The normalized spacial score (nSPS) is 18.0. The lowest BCUT2D eigenvalue weighted by Crippen LogP contribution is -2.56. The topological polar surface area (TPSA) is 149 Å². The third kappa shape index (κ3) is 15.1. The van der Waals surface area contributed by atoms with Crippen LogP contribution < -0.4 is 16.0 Å². The Balaban J connectivity index is 0.000000545. The Morgan fingerprint density at radius 2 is 1.35 bits per heavy atom. The Kier molecular flexibility index (Phi) is 17.2. The summed E-state index contributed by atoms with van der Waals surface area (Å²) in [5.74, 6) is -11.4. The number of carbonyl (C=O) groups is 5. The maximum Gasteiger partial charge on any atom is 0.408 e. The van der Waals surface area contributed by atoms with Crippen LogP contribution in [-0.2, 0) is 28.6 Å². The number of alkyl carbamates (subject to hydrolysis) is 2. The predicted molar refractivity (Wildman–Crippen MR) is 190 cm³/mol. The van der Waals surface area contributed by atoms with Crippen LogP contribution in [0.15, 0.2) is 24.3 Å². The zero-order chi connectivity index (χ0) is 41.5. The number of hydrogen-bond donors (Lipinski definition) is 3. The van der Waals surface area contributed by atoms with Gasteiger partial charge in [0.25, 0.3) is 0 Å². The van der Waals surface area contributed by atoms with Crippen molar-refractivity contribution in [3.63, 3.8) is 0 Å². The summed E-state index contributed by atoms with van der Waals surface area (Å²) in [5.41, 5.74) is -2.35. The van der Waals surface area contributed by atoms with E-state index in [4.69, 9.17) is 14.2 Å². The molecule has 1 aliphatic heterocycles. The standard InChI is InChI=1S/C20H26F3NO5.C17H21F3N2O3.CH4/c1-10(2)28-18(26)16(24-19(27)29-20(4,5)6)9-13(11(3)25)14-7-12(21)8-15(22)17(14)23;1-8-10(11-5-9(18)6-12(19)14(11)20)7-13(15(23)21-8)22-16(24)25-17(2,3)4;/h7-8,10,13,16H,9H2,1-6H3,(H,24,27);5-6,8,10,13H,7H2,1-4H3,(H,21,23)(H,22,24);1H4/t;8-,10-,13?;/m.1./s1. The molecule has 2 aromatic rings. The highest BCUT2D eigenvalue weighted by molar-refractivity contribution is 5.87. The second-order valence-corrected chi connectivity index (χ2v) is 15.0. The molecule has 308 valence electrons. The van der Waals surface area contributed by atoms with Crippen LogP contribution in [0.1, 0.15) is 112 Å². The first kappa shape index (κ1) is 48.2. The molecule has 3 N–H and O–H groups in total. The van der Waals surface area contributed by atoms with Crippen LogP contribution in [-0.4, -0.2) is 65.3 Å². The molecule has 0 radical (unpaired) electrons. The van der Waals surface area contributed by atoms with Crippen molar-refractivity contribution in [1.29, 1.82) is 0 Å². The van der Waals surface area contributed by atoms with E-state index < -0.39 is 124 Å². The number of ether oxygens (including phenoxy) is 3. The number of ketones is 1. The van der Waals surface area contributed by atoms with E-state index >= 15 is 0 Å². The Morgan fingerprint density at radius 1 is 0.836 bits per heavy atom. The highest BCUT2D eigenvalue weighted by Gasteiger charge is 2.38. The second-order valence-electron chi connectivity index (χ2n) is 15.0. The van der Waals surface area contributed by atoms with Crippen LogP contribution in [0.3, 0.4) is 0 Å². The monoisotopic (exact) mass is 791 g/mol. The van der Waals surface area contributed by atoms with Crippen molar-refractivity contribution in [2.45, 2.75) is 137 Å². The lowest BCUT2D eigenvalue weighted by Gasteiger charge is -2.35. The molecule has 2 aromatic carbocycles. The predicted octanol–water partition coefficient (Wildman–Crippen LogP) is 7.64. The molecule has 3 amide bonds. The summed E-state index contributed by atoms with van der Waals surface area (Å²) in [7, 11) is 0. The fraction of sp³-hybridized carbons (Fsp3) is 0.553. The van der Waals surface area contributed by atoms with Gasteiger partial charge in [-0.3, -0.25) is 9.59 Å². The number of amides is 3. The lowest BCUT2D eigenvalue weighted by molar-refractivity contribution is -0.150. The fourth-order valence-electron chi connectivity index (χ4n) is 5.36. The van der Waals surface area contributed by atoms with E-state index in [0.29, 0.717) is 18.2 Å². The Bertz CT molecular complexity index is 1710. The van der Waals surface area contributed by atoms with Crippen molar-refractivity contribution in [1.82, 2.24) is 16.0 Å². The van der Waals surface area contributed by atoms with Gasteiger partial charge in [-0.2, -0.15) is 0 Å². The molecule has 0 aliphatic carbocycles. The molecule has 3 unspecified atom stereocenters. The molecule has 0 spiro atoms. The van der Waals surface area contributed by atoms with Gasteiger partial charge in [0, 0.05) is 35.6 Å². The van der Waals surface area contributed by atoms with Gasteiger partial charge in [-0.25, -0.2) is 40.7 Å². The number of hydrogen-bond acceptors (Lipinski definition) is 8. The van der Waals surface area contributed by atoms with E-state index in [1.54, 1.807) is 62.3 Å². The zero-order valence-corrected chi connectivity index (χ0v) is 31.7. The van der Waals surface area contributed by atoms with Gasteiger partial charge in [-0.15, -0.1) is 0 Å². The van der Waals surface area contributed by atoms with Crippen molar-refractivity contribution in [2.24, 2.45) is 0 Å². The van der Waals surface area contributed by atoms with Gasteiger partial charge in [0.15, 0.2) is 23.3 Å². The number of carbonyl (C=O) groups excluding carboxylic acids is 5. The number of benzene rings is 2. The Labute approximate surface area is 317 Å². The molecule has 0 aromatic heterocycles. The zero-order valence-electron chi connectivity index (χ0n) is 31.7. The maximum absolute atomic E-state index is 14.2. The van der Waals surface area contributed by atoms with Gasteiger partial charge < -0.3 is 30.2 Å². The van der Waals surface area contributed by atoms with E-state index in [2.05, 4.69) is 16.0 Å². The molecule has 0 saturated carbocycles. The maximum atomic E-state index is 14.2. The van der Waals surface area contributed by atoms with Gasteiger partial charge >= 0.3 is 18.2 Å². The van der Waals surface area contributed by atoms with Gasteiger partial charge in [0.05, 0.1) is 6.10 Å². The number of piperidine rings is 1. The van der Waals surface area contributed by atoms with Crippen LogP contribution in [0, 0.1) is 34.9 Å². The molecule has 5 atom stereocenters. The van der Waals surface area contributed by atoms with E-state index in [9.17, 15) is 50.3 Å². The van der Waals surface area contributed by atoms with E-state index in [-0.39, 0.29) is 19.4 Å². The average Bonchev–Trinajstić information content (AvgIpc) is 2.98. The minimum Gasteiger partial charge on any atom is -0.461 e. The summed E-state index contributed by atoms with van der Waals surface area (Å²) >= 11 is 0. The second kappa shape index (κ2) is 19.7. The van der Waals surface area contributed by atoms with Gasteiger partial charge in [0.1, 0.15) is 40.7 Å². The molecular weight excluding hydrogens is 740 g/mol. The molecule has 1 fully saturated rings. The highest BCUT2D eigenvalue weighted by atomic mass is 19.2. The fourth-order valence-corrected chi connectivity index (χ4v) is 5.36. The van der Waals surface area contributed by atoms with Crippen molar-refractivity contribution >= 4 is 29.8 Å². The van der Waals surface area contributed by atoms with E-state index in [0.717, 1.165) is 13.0 Å². The number of Topliss-reactive ketones (excluding diaryl/α,β-unsaturated/α-hetero) is 1. The molecular formula is C38H51F6N3O8. The number of halogens is 6.